The first-order valence-corrected chi connectivity index (χ1v) is 7.44. The second-order valence-corrected chi connectivity index (χ2v) is 5.19. The van der Waals surface area contributed by atoms with Crippen LogP contribution in [0, 0.1) is 6.92 Å². The van der Waals surface area contributed by atoms with Crippen LogP contribution in [0.2, 0.25) is 0 Å². The number of carbonyl (C=O) groups excluding carboxylic acids is 1. The van der Waals surface area contributed by atoms with Crippen molar-refractivity contribution in [2.24, 2.45) is 0 Å². The summed E-state index contributed by atoms with van der Waals surface area (Å²) in [5.74, 6) is 1.32. The maximum absolute atomic E-state index is 12.1. The van der Waals surface area contributed by atoms with E-state index >= 15 is 0 Å². The summed E-state index contributed by atoms with van der Waals surface area (Å²) in [6.45, 7) is 2.20. The molecule has 0 aliphatic rings. The van der Waals surface area contributed by atoms with Crippen molar-refractivity contribution in [2.45, 2.75) is 19.8 Å². The Morgan fingerprint density at radius 2 is 2.04 bits per heavy atom. The van der Waals surface area contributed by atoms with Crippen LogP contribution < -0.4 is 11.0 Å². The summed E-state index contributed by atoms with van der Waals surface area (Å²) in [4.78, 5) is 25.5. The third-order valence-electron chi connectivity index (χ3n) is 3.35. The Labute approximate surface area is 136 Å². The van der Waals surface area contributed by atoms with Gasteiger partial charge in [0, 0.05) is 31.0 Å². The molecule has 2 heterocycles. The van der Waals surface area contributed by atoms with Crippen LogP contribution in [-0.4, -0.2) is 37.8 Å². The molecule has 0 aliphatic carbocycles. The number of rotatable bonds is 6. The fourth-order valence-corrected chi connectivity index (χ4v) is 2.16. The predicted octanol–water partition coefficient (Wildman–Crippen LogP) is 0.819. The van der Waals surface area contributed by atoms with Crippen LogP contribution in [-0.2, 0) is 6.42 Å². The lowest BCUT2D eigenvalue weighted by atomic mass is 10.1. The molecule has 0 atom stereocenters. The minimum atomic E-state index is -0.328. The van der Waals surface area contributed by atoms with Gasteiger partial charge in [0.15, 0.2) is 0 Å². The fourth-order valence-electron chi connectivity index (χ4n) is 2.16. The topological polar surface area (TPSA) is 130 Å². The molecule has 0 fully saturated rings. The molecule has 0 saturated heterocycles. The van der Waals surface area contributed by atoms with Gasteiger partial charge in [-0.3, -0.25) is 9.78 Å². The minimum Gasteiger partial charge on any atom is -0.421 e. The molecule has 2 aromatic heterocycles. The normalized spacial score (nSPS) is 10.7. The molecule has 0 bridgehead atoms. The molecule has 0 spiro atoms. The molecule has 0 radical (unpaired) electrons. The molecule has 124 valence electrons. The zero-order valence-corrected chi connectivity index (χ0v) is 13.0. The molecule has 1 aromatic carbocycles. The van der Waals surface area contributed by atoms with Gasteiger partial charge in [-0.05, 0) is 30.7 Å². The lowest BCUT2D eigenvalue weighted by Gasteiger charge is -2.05. The van der Waals surface area contributed by atoms with E-state index in [-0.39, 0.29) is 11.6 Å². The first-order chi connectivity index (χ1) is 11.6. The van der Waals surface area contributed by atoms with Crippen LogP contribution in [0.5, 0.6) is 0 Å². The van der Waals surface area contributed by atoms with E-state index in [1.807, 2.05) is 0 Å². The van der Waals surface area contributed by atoms with Gasteiger partial charge >= 0.3 is 5.69 Å². The highest BCUT2D eigenvalue weighted by molar-refractivity contribution is 5.94. The van der Waals surface area contributed by atoms with Gasteiger partial charge in [0.05, 0.1) is 0 Å². The maximum Gasteiger partial charge on any atom is 0.340 e. The smallest absolute Gasteiger partial charge is 0.340 e. The molecule has 0 aliphatic heterocycles. The number of aromatic amines is 2. The van der Waals surface area contributed by atoms with Crippen LogP contribution in [0.25, 0.3) is 11.5 Å². The molecule has 3 aromatic rings. The van der Waals surface area contributed by atoms with Crippen LogP contribution in [0.1, 0.15) is 28.5 Å². The van der Waals surface area contributed by atoms with Crippen LogP contribution in [0.3, 0.4) is 0 Å². The molecule has 3 N–H and O–H groups in total. The van der Waals surface area contributed by atoms with E-state index in [9.17, 15) is 9.59 Å². The number of H-pyrrole nitrogens is 2. The summed E-state index contributed by atoms with van der Waals surface area (Å²) in [5.41, 5.74) is 0.975. The summed E-state index contributed by atoms with van der Waals surface area (Å²) in [6.07, 6.45) is 1.25. The Bertz CT molecular complexity index is 877. The number of benzene rings is 1. The summed E-state index contributed by atoms with van der Waals surface area (Å²) in [6, 6.07) is 6.93. The SMILES string of the molecule is Cc1nnc(-c2ccc(C(=O)NCCCc3n[nH]c(=O)[nH]3)cc2)o1. The molecule has 3 rings (SSSR count). The fraction of sp³-hybridized carbons (Fsp3) is 0.267. The standard InChI is InChI=1S/C15H16N6O3/c1-9-18-20-14(24-9)11-6-4-10(5-7-11)13(22)16-8-2-3-12-17-15(23)21-19-12/h4-7H,2-3,8H2,1H3,(H,16,22)(H2,17,19,21,23). The molecule has 9 heteroatoms. The number of hydrogen-bond donors (Lipinski definition) is 3. The van der Waals surface area contributed by atoms with Gasteiger partial charge in [-0.15, -0.1) is 10.2 Å². The van der Waals surface area contributed by atoms with Gasteiger partial charge in [-0.2, -0.15) is 5.10 Å². The number of carbonyl (C=O) groups is 1. The Kier molecular flexibility index (Phi) is 4.50. The average molecular weight is 328 g/mol. The van der Waals surface area contributed by atoms with Crippen LogP contribution in [0.15, 0.2) is 33.5 Å². The van der Waals surface area contributed by atoms with E-state index in [0.717, 1.165) is 5.56 Å². The molecular weight excluding hydrogens is 312 g/mol. The average Bonchev–Trinajstić information content (AvgIpc) is 3.20. The number of amides is 1. The second-order valence-electron chi connectivity index (χ2n) is 5.19. The van der Waals surface area contributed by atoms with E-state index in [4.69, 9.17) is 4.42 Å². The van der Waals surface area contributed by atoms with Gasteiger partial charge in [0.25, 0.3) is 5.91 Å². The van der Waals surface area contributed by atoms with Crippen molar-refractivity contribution in [3.63, 3.8) is 0 Å². The maximum atomic E-state index is 12.1. The number of aryl methyl sites for hydroxylation is 2. The quantitative estimate of drug-likeness (QED) is 0.574. The Balaban J connectivity index is 1.50. The van der Waals surface area contributed by atoms with Gasteiger partial charge in [0.1, 0.15) is 5.82 Å². The number of aromatic nitrogens is 5. The summed E-state index contributed by atoms with van der Waals surface area (Å²) < 4.78 is 5.34. The highest BCUT2D eigenvalue weighted by Gasteiger charge is 2.09. The highest BCUT2D eigenvalue weighted by atomic mass is 16.4. The van der Waals surface area contributed by atoms with Crippen LogP contribution in [0.4, 0.5) is 0 Å². The number of nitrogens with zero attached hydrogens (tertiary/aromatic N) is 3. The van der Waals surface area contributed by atoms with Gasteiger partial charge in [-0.25, -0.2) is 9.89 Å². The Morgan fingerprint density at radius 1 is 1.25 bits per heavy atom. The minimum absolute atomic E-state index is 0.168. The molecule has 1 amide bonds. The lowest BCUT2D eigenvalue weighted by molar-refractivity contribution is 0.0953. The number of nitrogens with one attached hydrogen (secondary N) is 3. The largest absolute Gasteiger partial charge is 0.421 e. The van der Waals surface area contributed by atoms with E-state index in [2.05, 4.69) is 30.7 Å². The van der Waals surface area contributed by atoms with Crippen LogP contribution >= 0.6 is 0 Å². The zero-order chi connectivity index (χ0) is 16.9. The zero-order valence-electron chi connectivity index (χ0n) is 13.0. The van der Waals surface area contributed by atoms with Gasteiger partial charge in [-0.1, -0.05) is 0 Å². The van der Waals surface area contributed by atoms with Crippen molar-refractivity contribution in [3.8, 4) is 11.5 Å². The Hall–Kier alpha value is -3.23. The molecule has 0 saturated carbocycles. The third-order valence-corrected chi connectivity index (χ3v) is 3.35. The highest BCUT2D eigenvalue weighted by Crippen LogP contribution is 2.18. The summed E-state index contributed by atoms with van der Waals surface area (Å²) in [7, 11) is 0. The van der Waals surface area contributed by atoms with E-state index < -0.39 is 0 Å². The van der Waals surface area contributed by atoms with Crippen molar-refractivity contribution >= 4 is 5.91 Å². The van der Waals surface area contributed by atoms with Crippen molar-refractivity contribution in [2.75, 3.05) is 6.54 Å². The first kappa shape index (κ1) is 15.7. The monoisotopic (exact) mass is 328 g/mol. The van der Waals surface area contributed by atoms with Crippen molar-refractivity contribution in [1.82, 2.24) is 30.7 Å². The molecule has 9 nitrogen and oxygen atoms in total. The Morgan fingerprint density at radius 3 is 2.67 bits per heavy atom. The summed E-state index contributed by atoms with van der Waals surface area (Å²) in [5, 5.41) is 16.6. The van der Waals surface area contributed by atoms with E-state index in [1.54, 1.807) is 31.2 Å². The van der Waals surface area contributed by atoms with Gasteiger partial charge in [0.2, 0.25) is 11.8 Å². The lowest BCUT2D eigenvalue weighted by Crippen LogP contribution is -2.24. The third kappa shape index (κ3) is 3.75. The van der Waals surface area contributed by atoms with E-state index in [1.165, 1.54) is 0 Å². The molecule has 0 unspecified atom stereocenters. The summed E-state index contributed by atoms with van der Waals surface area (Å²) >= 11 is 0. The first-order valence-electron chi connectivity index (χ1n) is 7.44. The van der Waals surface area contributed by atoms with E-state index in [0.29, 0.717) is 42.6 Å². The number of hydrogen-bond acceptors (Lipinski definition) is 6. The van der Waals surface area contributed by atoms with Gasteiger partial charge < -0.3 is 9.73 Å². The second kappa shape index (κ2) is 6.90. The van der Waals surface area contributed by atoms with Crippen molar-refractivity contribution < 1.29 is 9.21 Å². The molecule has 24 heavy (non-hydrogen) atoms. The predicted molar refractivity (Wildman–Crippen MR) is 84.3 cm³/mol. The molecular formula is C15H16N6O3. The van der Waals surface area contributed by atoms with Crippen molar-refractivity contribution in [1.29, 1.82) is 0 Å². The van der Waals surface area contributed by atoms with Crippen molar-refractivity contribution in [3.05, 3.63) is 52.0 Å².